The molecule has 204 valence electrons. The van der Waals surface area contributed by atoms with Crippen molar-refractivity contribution in [3.8, 4) is 11.5 Å². The Kier molecular flexibility index (Phi) is 5.71. The lowest BCUT2D eigenvalue weighted by atomic mass is 9.54. The highest BCUT2D eigenvalue weighted by Gasteiger charge is 2.62. The molecular weight excluding hydrogens is 476 g/mol. The van der Waals surface area contributed by atoms with Gasteiger partial charge >= 0.3 is 0 Å². The summed E-state index contributed by atoms with van der Waals surface area (Å²) in [5.41, 5.74) is 6.83. The second-order valence-corrected chi connectivity index (χ2v) is 13.0. The van der Waals surface area contributed by atoms with Crippen LogP contribution in [0.4, 0.5) is 0 Å². The van der Waals surface area contributed by atoms with Crippen molar-refractivity contribution >= 4 is 11.7 Å². The fourth-order valence-corrected chi connectivity index (χ4v) is 8.15. The number of ether oxygens (including phenoxy) is 2. The Hall–Kier alpha value is -2.60. The van der Waals surface area contributed by atoms with Crippen LogP contribution in [0, 0.1) is 19.3 Å². The van der Waals surface area contributed by atoms with Crippen LogP contribution in [0.1, 0.15) is 92.8 Å². The predicted molar refractivity (Wildman–Crippen MR) is 148 cm³/mol. The minimum atomic E-state index is -0.725. The van der Waals surface area contributed by atoms with Crippen molar-refractivity contribution in [1.29, 1.82) is 0 Å². The molecule has 6 heteroatoms. The first-order valence-electron chi connectivity index (χ1n) is 14.3. The van der Waals surface area contributed by atoms with E-state index in [1.165, 1.54) is 19.3 Å². The van der Waals surface area contributed by atoms with E-state index in [4.69, 9.17) is 9.47 Å². The number of hydrogen-bond donors (Lipinski definition) is 0. The second kappa shape index (κ2) is 8.45. The Labute approximate surface area is 227 Å². The van der Waals surface area contributed by atoms with E-state index < -0.39 is 5.79 Å². The lowest BCUT2D eigenvalue weighted by Gasteiger charge is -2.59. The Morgan fingerprint density at radius 1 is 0.921 bits per heavy atom. The number of rotatable bonds is 4. The summed E-state index contributed by atoms with van der Waals surface area (Å²) in [5.74, 6) is 0.974. The summed E-state index contributed by atoms with van der Waals surface area (Å²) in [6.07, 6.45) is 10.1. The number of carbonyl (C=O) groups is 2. The molecule has 38 heavy (non-hydrogen) atoms. The summed E-state index contributed by atoms with van der Waals surface area (Å²) in [4.78, 5) is 31.0. The first-order valence-corrected chi connectivity index (χ1v) is 14.3. The molecule has 2 aliphatic heterocycles. The van der Waals surface area contributed by atoms with Crippen LogP contribution in [0.15, 0.2) is 22.8 Å². The highest BCUT2D eigenvalue weighted by Crippen LogP contribution is 2.63. The van der Waals surface area contributed by atoms with Gasteiger partial charge in [0.1, 0.15) is 0 Å². The minimum absolute atomic E-state index is 0.00418. The van der Waals surface area contributed by atoms with Crippen molar-refractivity contribution < 1.29 is 19.1 Å². The van der Waals surface area contributed by atoms with Crippen LogP contribution in [0.3, 0.4) is 0 Å². The molecule has 0 aromatic heterocycles. The summed E-state index contributed by atoms with van der Waals surface area (Å²) in [6, 6.07) is 0. The van der Waals surface area contributed by atoms with Crippen molar-refractivity contribution in [2.24, 2.45) is 5.41 Å². The highest BCUT2D eigenvalue weighted by atomic mass is 16.7. The van der Waals surface area contributed by atoms with Gasteiger partial charge in [-0.1, -0.05) is 11.6 Å². The zero-order valence-electron chi connectivity index (χ0n) is 24.2. The average molecular weight is 519 g/mol. The van der Waals surface area contributed by atoms with Crippen molar-refractivity contribution in [1.82, 2.24) is 9.80 Å². The molecule has 1 atom stereocenters. The molecule has 4 aliphatic carbocycles. The van der Waals surface area contributed by atoms with E-state index in [1.807, 2.05) is 25.7 Å². The van der Waals surface area contributed by atoms with E-state index >= 15 is 0 Å². The molecule has 6 nitrogen and oxygen atoms in total. The van der Waals surface area contributed by atoms with E-state index in [0.717, 1.165) is 76.2 Å². The van der Waals surface area contributed by atoms with Gasteiger partial charge in [-0.05, 0) is 103 Å². The van der Waals surface area contributed by atoms with Crippen LogP contribution in [0.5, 0.6) is 11.5 Å². The zero-order chi connectivity index (χ0) is 27.2. The van der Waals surface area contributed by atoms with E-state index in [-0.39, 0.29) is 17.1 Å². The van der Waals surface area contributed by atoms with Gasteiger partial charge in [-0.3, -0.25) is 9.59 Å². The van der Waals surface area contributed by atoms with Gasteiger partial charge in [-0.25, -0.2) is 0 Å². The molecule has 0 radical (unpaired) electrons. The molecular formula is C32H42N2O4. The number of nitrogens with zero attached hydrogens (tertiary/aromatic N) is 2. The fourth-order valence-electron chi connectivity index (χ4n) is 8.15. The number of ketones is 1. The first kappa shape index (κ1) is 25.7. The van der Waals surface area contributed by atoms with Crippen LogP contribution in [-0.4, -0.2) is 60.0 Å². The number of hydrogen-bond acceptors (Lipinski definition) is 5. The molecule has 1 aromatic carbocycles. The molecule has 1 amide bonds. The molecule has 3 fully saturated rings. The van der Waals surface area contributed by atoms with Crippen molar-refractivity contribution in [3.05, 3.63) is 45.0 Å². The quantitative estimate of drug-likeness (QED) is 0.513. The Morgan fingerprint density at radius 3 is 2.11 bits per heavy atom. The minimum Gasteiger partial charge on any atom is -0.448 e. The zero-order valence-corrected chi connectivity index (χ0v) is 24.2. The van der Waals surface area contributed by atoms with E-state index in [1.54, 1.807) is 0 Å². The summed E-state index contributed by atoms with van der Waals surface area (Å²) in [6.45, 7) is 11.2. The second-order valence-electron chi connectivity index (χ2n) is 13.0. The third-order valence-corrected chi connectivity index (χ3v) is 10.9. The average Bonchev–Trinajstić information content (AvgIpc) is 3.26. The predicted octanol–water partition coefficient (Wildman–Crippen LogP) is 5.68. The summed E-state index contributed by atoms with van der Waals surface area (Å²) >= 11 is 0. The number of allylic oxidation sites excluding steroid dienone is 3. The highest BCUT2D eigenvalue weighted by molar-refractivity contribution is 6.03. The van der Waals surface area contributed by atoms with Gasteiger partial charge < -0.3 is 19.3 Å². The molecule has 0 saturated heterocycles. The molecule has 0 N–H and O–H groups in total. The number of amides is 1. The maximum atomic E-state index is 13.9. The van der Waals surface area contributed by atoms with Crippen LogP contribution < -0.4 is 9.47 Å². The van der Waals surface area contributed by atoms with Crippen molar-refractivity contribution in [2.75, 3.05) is 27.2 Å². The van der Waals surface area contributed by atoms with Gasteiger partial charge in [-0.15, -0.1) is 0 Å². The van der Waals surface area contributed by atoms with Crippen LogP contribution in [-0.2, 0) is 11.2 Å². The molecule has 7 rings (SSSR count). The molecule has 1 aromatic rings. The Morgan fingerprint density at radius 2 is 1.53 bits per heavy atom. The van der Waals surface area contributed by atoms with Gasteiger partial charge in [0.2, 0.25) is 0 Å². The SMILES string of the molecule is CC1=CC(C)=C(CN2CCc3c(C)c4c(c(C)c3C2=O)O[C@@](C)(C23CCC(N(C)C)(CC2)CC3)O4)C(=O)C1. The maximum Gasteiger partial charge on any atom is 0.254 e. The largest absolute Gasteiger partial charge is 0.448 e. The lowest BCUT2D eigenvalue weighted by Crippen LogP contribution is -2.62. The lowest BCUT2D eigenvalue weighted by molar-refractivity contribution is -0.212. The van der Waals surface area contributed by atoms with E-state index in [0.29, 0.717) is 25.0 Å². The number of carbonyl (C=O) groups excluding carboxylic acids is 2. The van der Waals surface area contributed by atoms with Gasteiger partial charge in [-0.2, -0.15) is 0 Å². The van der Waals surface area contributed by atoms with Gasteiger partial charge in [0.15, 0.2) is 17.3 Å². The van der Waals surface area contributed by atoms with Crippen molar-refractivity contribution in [2.45, 2.75) is 97.3 Å². The molecule has 0 spiro atoms. The Bertz CT molecular complexity index is 1290. The summed E-state index contributed by atoms with van der Waals surface area (Å²) in [7, 11) is 4.44. The first-order chi connectivity index (χ1) is 17.9. The van der Waals surface area contributed by atoms with Gasteiger partial charge in [0.25, 0.3) is 11.7 Å². The van der Waals surface area contributed by atoms with E-state index in [9.17, 15) is 9.59 Å². The van der Waals surface area contributed by atoms with Crippen LogP contribution in [0.2, 0.25) is 0 Å². The van der Waals surface area contributed by atoms with Gasteiger partial charge in [0, 0.05) is 54.1 Å². The normalized spacial score (nSPS) is 32.3. The molecule has 2 bridgehead atoms. The number of benzene rings is 1. The standard InChI is InChI=1S/C32H42N2O4/c1-19-16-20(2)24(25(35)17-19)18-34-15-8-23-21(3)27-28(22(4)26(23)29(34)36)38-30(5,37-27)31-9-12-32(13-10-31,14-11-31)33(6)7/h16H,8-15,17-18H2,1-7H3/t30-,31?,32?/m0/s1. The topological polar surface area (TPSA) is 59.1 Å². The third kappa shape index (κ3) is 3.48. The van der Waals surface area contributed by atoms with Crippen LogP contribution in [0.25, 0.3) is 0 Å². The van der Waals surface area contributed by atoms with Crippen molar-refractivity contribution in [3.63, 3.8) is 0 Å². The fraction of sp³-hybridized carbons (Fsp3) is 0.625. The monoisotopic (exact) mass is 518 g/mol. The number of Topliss-reactive ketones (excluding diaryl/α,β-unsaturated/α-hetero) is 1. The molecule has 0 unspecified atom stereocenters. The third-order valence-electron chi connectivity index (χ3n) is 10.9. The number of fused-ring (bicyclic) bond motifs is 5. The smallest absolute Gasteiger partial charge is 0.254 e. The summed E-state index contributed by atoms with van der Waals surface area (Å²) < 4.78 is 13.7. The van der Waals surface area contributed by atoms with Crippen LogP contribution >= 0.6 is 0 Å². The van der Waals surface area contributed by atoms with E-state index in [2.05, 4.69) is 38.9 Å². The molecule has 2 heterocycles. The molecule has 6 aliphatic rings. The summed E-state index contributed by atoms with van der Waals surface area (Å²) in [5, 5.41) is 0. The maximum absolute atomic E-state index is 13.9. The van der Waals surface area contributed by atoms with Gasteiger partial charge in [0.05, 0.1) is 0 Å². The molecule has 3 saturated carbocycles. The Balaban J connectivity index is 1.31.